The van der Waals surface area contributed by atoms with Crippen LogP contribution in [0.4, 0.5) is 0 Å². The fourth-order valence-electron chi connectivity index (χ4n) is 10.5. The molecule has 0 fully saturated rings. The highest BCUT2D eigenvalue weighted by Gasteiger charge is 2.19. The van der Waals surface area contributed by atoms with Crippen molar-refractivity contribution in [1.82, 2.24) is 0 Å². The van der Waals surface area contributed by atoms with Gasteiger partial charge in [0.05, 0.1) is 0 Å². The molecule has 0 aromatic rings. The molecule has 0 saturated carbocycles. The van der Waals surface area contributed by atoms with E-state index in [9.17, 15) is 14.4 Å². The maximum atomic E-state index is 13.0. The molecular formula is C77H136O6. The number of allylic oxidation sites excluding steroid dienone is 14. The summed E-state index contributed by atoms with van der Waals surface area (Å²) in [7, 11) is 0. The Morgan fingerprint density at radius 2 is 0.470 bits per heavy atom. The van der Waals surface area contributed by atoms with Gasteiger partial charge in [-0.3, -0.25) is 14.4 Å². The van der Waals surface area contributed by atoms with E-state index in [1.165, 1.54) is 231 Å². The lowest BCUT2D eigenvalue weighted by atomic mass is 10.0. The standard InChI is InChI=1S/C77H136O6/c1-4-7-10-13-16-19-22-25-28-31-33-34-35-36-37-38-39-40-41-42-43-44-45-47-49-52-55-58-61-64-67-70-76(79)82-73-74(72-81-75(78)69-66-63-60-57-54-51-48-30-27-24-21-18-15-12-9-6-3)83-77(80)71-68-65-62-59-56-53-50-46-32-29-26-23-20-17-14-11-8-5-2/h7,10,16,19,25,28-29,32-34,36-37,39-40,74H,4-6,8-9,11-15,17-18,20-24,26-27,30-31,35,38,41-73H2,1-3H3/b10-7-,19-16-,28-25-,32-29-,34-33-,37-36-,40-39-. The summed E-state index contributed by atoms with van der Waals surface area (Å²) in [6.45, 7) is 6.58. The van der Waals surface area contributed by atoms with Crippen LogP contribution < -0.4 is 0 Å². The first-order valence-corrected chi connectivity index (χ1v) is 36.1. The molecule has 0 amide bonds. The Morgan fingerprint density at radius 3 is 0.747 bits per heavy atom. The van der Waals surface area contributed by atoms with Crippen molar-refractivity contribution >= 4 is 17.9 Å². The first-order chi connectivity index (χ1) is 41.0. The summed E-state index contributed by atoms with van der Waals surface area (Å²) >= 11 is 0. The predicted octanol–water partition coefficient (Wildman–Crippen LogP) is 25.0. The highest BCUT2D eigenvalue weighted by atomic mass is 16.6. The summed E-state index contributed by atoms with van der Waals surface area (Å²) < 4.78 is 17.0. The van der Waals surface area contributed by atoms with Crippen molar-refractivity contribution in [3.05, 3.63) is 85.1 Å². The second-order valence-corrected chi connectivity index (χ2v) is 24.1. The van der Waals surface area contributed by atoms with Crippen LogP contribution in [0.1, 0.15) is 367 Å². The van der Waals surface area contributed by atoms with Gasteiger partial charge in [0.2, 0.25) is 0 Å². The van der Waals surface area contributed by atoms with E-state index in [0.29, 0.717) is 19.3 Å². The van der Waals surface area contributed by atoms with Crippen LogP contribution in [-0.4, -0.2) is 37.2 Å². The Morgan fingerprint density at radius 1 is 0.253 bits per heavy atom. The van der Waals surface area contributed by atoms with Gasteiger partial charge in [-0.2, -0.15) is 0 Å². The van der Waals surface area contributed by atoms with Crippen molar-refractivity contribution in [1.29, 1.82) is 0 Å². The van der Waals surface area contributed by atoms with E-state index >= 15 is 0 Å². The number of rotatable bonds is 66. The van der Waals surface area contributed by atoms with E-state index in [0.717, 1.165) is 96.3 Å². The zero-order chi connectivity index (χ0) is 59.9. The monoisotopic (exact) mass is 1160 g/mol. The summed E-state index contributed by atoms with van der Waals surface area (Å²) in [5.74, 6) is -0.857. The molecule has 0 saturated heterocycles. The van der Waals surface area contributed by atoms with Crippen LogP contribution in [0, 0.1) is 0 Å². The fraction of sp³-hybridized carbons (Fsp3) is 0.779. The molecule has 6 heteroatoms. The molecule has 1 atom stereocenters. The number of ether oxygens (including phenoxy) is 3. The molecule has 0 aromatic heterocycles. The Kier molecular flexibility index (Phi) is 68.2. The van der Waals surface area contributed by atoms with Gasteiger partial charge in [0, 0.05) is 19.3 Å². The highest BCUT2D eigenvalue weighted by Crippen LogP contribution is 2.18. The zero-order valence-corrected chi connectivity index (χ0v) is 55.2. The van der Waals surface area contributed by atoms with E-state index in [1.54, 1.807) is 0 Å². The third-order valence-corrected chi connectivity index (χ3v) is 15.9. The van der Waals surface area contributed by atoms with Crippen molar-refractivity contribution < 1.29 is 28.6 Å². The van der Waals surface area contributed by atoms with Crippen molar-refractivity contribution in [2.24, 2.45) is 0 Å². The molecule has 0 heterocycles. The summed E-state index contributed by atoms with van der Waals surface area (Å²) in [5, 5.41) is 0. The summed E-state index contributed by atoms with van der Waals surface area (Å²) in [4.78, 5) is 38.5. The normalized spacial score (nSPS) is 12.6. The average molecular weight is 1160 g/mol. The van der Waals surface area contributed by atoms with Gasteiger partial charge in [0.15, 0.2) is 6.10 Å². The third-order valence-electron chi connectivity index (χ3n) is 15.9. The predicted molar refractivity (Wildman–Crippen MR) is 362 cm³/mol. The fourth-order valence-corrected chi connectivity index (χ4v) is 10.5. The molecule has 0 N–H and O–H groups in total. The van der Waals surface area contributed by atoms with E-state index in [2.05, 4.69) is 106 Å². The zero-order valence-electron chi connectivity index (χ0n) is 55.2. The molecule has 0 aliphatic heterocycles. The van der Waals surface area contributed by atoms with Crippen LogP contribution >= 0.6 is 0 Å². The SMILES string of the molecule is CC/C=C\C/C=C\C/C=C\C/C=C\C/C=C\C/C=C\CCCCCCCCCCCCCCC(=O)OCC(COC(=O)CCCCCCCCCCCCCCCCCC)OC(=O)CCCCCCCCC/C=C\CCCCCCCCC. The lowest BCUT2D eigenvalue weighted by Gasteiger charge is -2.18. The van der Waals surface area contributed by atoms with Gasteiger partial charge in [-0.15, -0.1) is 0 Å². The van der Waals surface area contributed by atoms with Gasteiger partial charge in [-0.05, 0) is 96.3 Å². The van der Waals surface area contributed by atoms with Crippen LogP contribution in [0.15, 0.2) is 85.1 Å². The van der Waals surface area contributed by atoms with Crippen LogP contribution in [0.3, 0.4) is 0 Å². The number of esters is 3. The first-order valence-electron chi connectivity index (χ1n) is 36.1. The molecule has 0 aromatic carbocycles. The van der Waals surface area contributed by atoms with Gasteiger partial charge in [0.1, 0.15) is 13.2 Å². The Hall–Kier alpha value is -3.41. The molecule has 0 aliphatic carbocycles. The maximum Gasteiger partial charge on any atom is 0.306 e. The second-order valence-electron chi connectivity index (χ2n) is 24.1. The third kappa shape index (κ3) is 69.3. The maximum absolute atomic E-state index is 13.0. The van der Waals surface area contributed by atoms with E-state index in [1.807, 2.05) is 0 Å². The lowest BCUT2D eigenvalue weighted by molar-refractivity contribution is -0.167. The topological polar surface area (TPSA) is 78.9 Å². The van der Waals surface area contributed by atoms with Crippen molar-refractivity contribution in [3.8, 4) is 0 Å². The minimum atomic E-state index is -0.779. The molecule has 6 nitrogen and oxygen atoms in total. The molecule has 0 spiro atoms. The summed E-state index contributed by atoms with van der Waals surface area (Å²) in [6, 6.07) is 0. The molecular weight excluding hydrogens is 1020 g/mol. The van der Waals surface area contributed by atoms with Crippen molar-refractivity contribution in [3.63, 3.8) is 0 Å². The molecule has 480 valence electrons. The van der Waals surface area contributed by atoms with E-state index in [-0.39, 0.29) is 31.1 Å². The largest absolute Gasteiger partial charge is 0.462 e. The van der Waals surface area contributed by atoms with Crippen LogP contribution in [0.5, 0.6) is 0 Å². The molecule has 83 heavy (non-hydrogen) atoms. The van der Waals surface area contributed by atoms with Gasteiger partial charge >= 0.3 is 17.9 Å². The van der Waals surface area contributed by atoms with Gasteiger partial charge < -0.3 is 14.2 Å². The molecule has 0 bridgehead atoms. The Labute approximate surface area is 515 Å². The minimum Gasteiger partial charge on any atom is -0.462 e. The lowest BCUT2D eigenvalue weighted by Crippen LogP contribution is -2.30. The second kappa shape index (κ2) is 71.1. The number of unbranched alkanes of at least 4 members (excludes halogenated alkanes) is 41. The number of hydrogen-bond donors (Lipinski definition) is 0. The van der Waals surface area contributed by atoms with E-state index < -0.39 is 6.10 Å². The number of carbonyl (C=O) groups is 3. The minimum absolute atomic E-state index is 0.0733. The number of hydrogen-bond acceptors (Lipinski definition) is 6. The van der Waals surface area contributed by atoms with Crippen LogP contribution in [0.25, 0.3) is 0 Å². The smallest absolute Gasteiger partial charge is 0.306 e. The van der Waals surface area contributed by atoms with Crippen molar-refractivity contribution in [2.45, 2.75) is 374 Å². The van der Waals surface area contributed by atoms with Gasteiger partial charge in [0.25, 0.3) is 0 Å². The molecule has 1 unspecified atom stereocenters. The molecule has 0 radical (unpaired) electrons. The number of carbonyl (C=O) groups excluding carboxylic acids is 3. The molecule has 0 aliphatic rings. The van der Waals surface area contributed by atoms with Crippen LogP contribution in [-0.2, 0) is 28.6 Å². The molecule has 0 rings (SSSR count). The Bertz CT molecular complexity index is 1570. The quantitative estimate of drug-likeness (QED) is 0.0261. The highest BCUT2D eigenvalue weighted by molar-refractivity contribution is 5.71. The average Bonchev–Trinajstić information content (AvgIpc) is 3.49. The van der Waals surface area contributed by atoms with Crippen molar-refractivity contribution in [2.75, 3.05) is 13.2 Å². The van der Waals surface area contributed by atoms with Crippen LogP contribution in [0.2, 0.25) is 0 Å². The summed E-state index contributed by atoms with van der Waals surface area (Å²) in [6.07, 6.45) is 94.6. The summed E-state index contributed by atoms with van der Waals surface area (Å²) in [5.41, 5.74) is 0. The van der Waals surface area contributed by atoms with Gasteiger partial charge in [-0.1, -0.05) is 337 Å². The van der Waals surface area contributed by atoms with E-state index in [4.69, 9.17) is 14.2 Å². The van der Waals surface area contributed by atoms with Gasteiger partial charge in [-0.25, -0.2) is 0 Å². The first kappa shape index (κ1) is 79.6. The Balaban J connectivity index is 4.27.